The Morgan fingerprint density at radius 2 is 2.44 bits per heavy atom. The molecule has 0 aromatic carbocycles. The van der Waals surface area contributed by atoms with Crippen molar-refractivity contribution < 1.29 is 9.90 Å². The van der Waals surface area contributed by atoms with E-state index < -0.39 is 6.10 Å². The van der Waals surface area contributed by atoms with Gasteiger partial charge in [0, 0.05) is 13.5 Å². The second-order valence-corrected chi connectivity index (χ2v) is 2.05. The van der Waals surface area contributed by atoms with E-state index in [1.165, 1.54) is 6.92 Å². The minimum absolute atomic E-state index is 0.153. The second kappa shape index (κ2) is 4.58. The fourth-order valence-corrected chi connectivity index (χ4v) is 0.425. The average Bonchev–Trinajstić information content (AvgIpc) is 1.83. The molecular formula is C5H10ClNO2. The molecule has 1 atom stereocenters. The molecule has 3 nitrogen and oxygen atoms in total. The predicted octanol–water partition coefficient (Wildman–Crippen LogP) is -0.278. The van der Waals surface area contributed by atoms with Crippen molar-refractivity contribution in [2.45, 2.75) is 13.0 Å². The Bertz CT molecular complexity index is 97.0. The standard InChI is InChI=1S/C5H10ClNO2/c1-4(8)7-3-5(9)2-6/h5,9H,2-3H2,1H3,(H,7,8). The Kier molecular flexibility index (Phi) is 4.44. The van der Waals surface area contributed by atoms with Crippen LogP contribution in [0.3, 0.4) is 0 Å². The summed E-state index contributed by atoms with van der Waals surface area (Å²) in [7, 11) is 0. The summed E-state index contributed by atoms with van der Waals surface area (Å²) in [4.78, 5) is 10.2. The third-order valence-electron chi connectivity index (χ3n) is 0.765. The maximum Gasteiger partial charge on any atom is 0.216 e. The van der Waals surface area contributed by atoms with Gasteiger partial charge in [0.1, 0.15) is 0 Å². The number of rotatable bonds is 3. The molecule has 4 heteroatoms. The normalized spacial score (nSPS) is 12.8. The van der Waals surface area contributed by atoms with Crippen LogP contribution in [0.2, 0.25) is 0 Å². The summed E-state index contributed by atoms with van der Waals surface area (Å²) >= 11 is 5.23. The summed E-state index contributed by atoms with van der Waals surface area (Å²) in [5, 5.41) is 11.2. The van der Waals surface area contributed by atoms with Gasteiger partial charge in [0.15, 0.2) is 0 Å². The number of hydrogen-bond acceptors (Lipinski definition) is 2. The molecule has 9 heavy (non-hydrogen) atoms. The molecule has 0 aliphatic carbocycles. The lowest BCUT2D eigenvalue weighted by Crippen LogP contribution is -2.31. The number of hydrogen-bond donors (Lipinski definition) is 2. The van der Waals surface area contributed by atoms with E-state index in [9.17, 15) is 4.79 Å². The van der Waals surface area contributed by atoms with Crippen LogP contribution in [0.5, 0.6) is 0 Å². The lowest BCUT2D eigenvalue weighted by atomic mass is 10.4. The van der Waals surface area contributed by atoms with E-state index in [4.69, 9.17) is 16.7 Å². The van der Waals surface area contributed by atoms with Crippen LogP contribution in [0, 0.1) is 0 Å². The molecule has 0 saturated carbocycles. The molecule has 0 bridgehead atoms. The van der Waals surface area contributed by atoms with Crippen molar-refractivity contribution in [3.63, 3.8) is 0 Å². The number of aliphatic hydroxyl groups excluding tert-OH is 1. The summed E-state index contributed by atoms with van der Waals surface area (Å²) in [6, 6.07) is 0. The van der Waals surface area contributed by atoms with Crippen LogP contribution in [0.4, 0.5) is 0 Å². The van der Waals surface area contributed by atoms with Crippen molar-refractivity contribution in [1.82, 2.24) is 5.32 Å². The van der Waals surface area contributed by atoms with Crippen molar-refractivity contribution in [3.05, 3.63) is 0 Å². The number of carbonyl (C=O) groups excluding carboxylic acids is 1. The number of amides is 1. The van der Waals surface area contributed by atoms with Gasteiger partial charge in [-0.25, -0.2) is 0 Å². The fourth-order valence-electron chi connectivity index (χ4n) is 0.316. The minimum atomic E-state index is -0.629. The van der Waals surface area contributed by atoms with Gasteiger partial charge in [0.2, 0.25) is 5.91 Å². The molecule has 0 fully saturated rings. The summed E-state index contributed by atoms with van der Waals surface area (Å²) in [5.41, 5.74) is 0. The predicted molar refractivity (Wildman–Crippen MR) is 35.4 cm³/mol. The van der Waals surface area contributed by atoms with E-state index >= 15 is 0 Å². The first kappa shape index (κ1) is 8.72. The number of alkyl halides is 1. The fraction of sp³-hybridized carbons (Fsp3) is 0.800. The lowest BCUT2D eigenvalue weighted by Gasteiger charge is -2.05. The minimum Gasteiger partial charge on any atom is -0.390 e. The molecule has 0 radical (unpaired) electrons. The highest BCUT2D eigenvalue weighted by atomic mass is 35.5. The first-order valence-electron chi connectivity index (χ1n) is 2.65. The van der Waals surface area contributed by atoms with Crippen LogP contribution in [-0.2, 0) is 4.79 Å². The first-order chi connectivity index (χ1) is 4.16. The third-order valence-corrected chi connectivity index (χ3v) is 1.12. The van der Waals surface area contributed by atoms with Crippen molar-refractivity contribution in [1.29, 1.82) is 0 Å². The van der Waals surface area contributed by atoms with Crippen molar-refractivity contribution >= 4 is 17.5 Å². The molecule has 0 heterocycles. The van der Waals surface area contributed by atoms with Gasteiger partial charge < -0.3 is 10.4 Å². The van der Waals surface area contributed by atoms with E-state index in [1.54, 1.807) is 0 Å². The molecule has 0 aromatic heterocycles. The average molecular weight is 152 g/mol. The van der Waals surface area contributed by atoms with Gasteiger partial charge in [-0.2, -0.15) is 0 Å². The quantitative estimate of drug-likeness (QED) is 0.546. The third kappa shape index (κ3) is 5.59. The molecule has 1 unspecified atom stereocenters. The lowest BCUT2D eigenvalue weighted by molar-refractivity contribution is -0.119. The van der Waals surface area contributed by atoms with Crippen LogP contribution >= 0.6 is 11.6 Å². The molecule has 0 spiro atoms. The second-order valence-electron chi connectivity index (χ2n) is 1.75. The maximum absolute atomic E-state index is 10.2. The van der Waals surface area contributed by atoms with E-state index in [1.807, 2.05) is 0 Å². The Balaban J connectivity index is 3.16. The summed E-state index contributed by atoms with van der Waals surface area (Å²) < 4.78 is 0. The van der Waals surface area contributed by atoms with Crippen molar-refractivity contribution in [2.24, 2.45) is 0 Å². The van der Waals surface area contributed by atoms with Crippen molar-refractivity contribution in [3.8, 4) is 0 Å². The van der Waals surface area contributed by atoms with Crippen LogP contribution in [-0.4, -0.2) is 29.5 Å². The van der Waals surface area contributed by atoms with E-state index in [-0.39, 0.29) is 18.3 Å². The zero-order valence-corrected chi connectivity index (χ0v) is 5.98. The van der Waals surface area contributed by atoms with Crippen LogP contribution in [0.1, 0.15) is 6.92 Å². The molecule has 0 saturated heterocycles. The Morgan fingerprint density at radius 1 is 1.89 bits per heavy atom. The first-order valence-corrected chi connectivity index (χ1v) is 3.18. The van der Waals surface area contributed by atoms with Crippen LogP contribution < -0.4 is 5.32 Å². The molecule has 0 aliphatic rings. The summed E-state index contributed by atoms with van der Waals surface area (Å²) in [6.45, 7) is 1.62. The van der Waals surface area contributed by atoms with Gasteiger partial charge in [0.05, 0.1) is 12.0 Å². The van der Waals surface area contributed by atoms with Gasteiger partial charge in [0.25, 0.3) is 0 Å². The molecular weight excluding hydrogens is 142 g/mol. The topological polar surface area (TPSA) is 49.3 Å². The van der Waals surface area contributed by atoms with E-state index in [0.29, 0.717) is 0 Å². The van der Waals surface area contributed by atoms with E-state index in [2.05, 4.69) is 5.32 Å². The Morgan fingerprint density at radius 3 is 2.78 bits per heavy atom. The molecule has 0 aromatic rings. The molecule has 1 amide bonds. The van der Waals surface area contributed by atoms with Gasteiger partial charge >= 0.3 is 0 Å². The number of halogens is 1. The Hall–Kier alpha value is -0.280. The smallest absolute Gasteiger partial charge is 0.216 e. The monoisotopic (exact) mass is 151 g/mol. The molecule has 2 N–H and O–H groups in total. The van der Waals surface area contributed by atoms with Gasteiger partial charge in [-0.1, -0.05) is 0 Å². The molecule has 0 rings (SSSR count). The molecule has 0 aliphatic heterocycles. The summed E-state index contributed by atoms with van der Waals surface area (Å²) in [5.74, 6) is -0.000494. The van der Waals surface area contributed by atoms with Gasteiger partial charge in [-0.3, -0.25) is 4.79 Å². The SMILES string of the molecule is CC(=O)NCC(O)CCl. The van der Waals surface area contributed by atoms with E-state index in [0.717, 1.165) is 0 Å². The number of nitrogens with one attached hydrogen (secondary N) is 1. The zero-order chi connectivity index (χ0) is 7.28. The largest absolute Gasteiger partial charge is 0.390 e. The Labute approximate surface area is 59.0 Å². The highest BCUT2D eigenvalue weighted by molar-refractivity contribution is 6.18. The summed E-state index contributed by atoms with van der Waals surface area (Å²) in [6.07, 6.45) is -0.629. The number of aliphatic hydroxyl groups is 1. The van der Waals surface area contributed by atoms with Crippen LogP contribution in [0.15, 0.2) is 0 Å². The van der Waals surface area contributed by atoms with Crippen LogP contribution in [0.25, 0.3) is 0 Å². The van der Waals surface area contributed by atoms with Crippen molar-refractivity contribution in [2.75, 3.05) is 12.4 Å². The highest BCUT2D eigenvalue weighted by Crippen LogP contribution is 1.83. The molecule has 54 valence electrons. The van der Waals surface area contributed by atoms with Gasteiger partial charge in [-0.05, 0) is 0 Å². The highest BCUT2D eigenvalue weighted by Gasteiger charge is 2.00. The van der Waals surface area contributed by atoms with Gasteiger partial charge in [-0.15, -0.1) is 11.6 Å². The maximum atomic E-state index is 10.2. The zero-order valence-electron chi connectivity index (χ0n) is 5.22. The number of carbonyl (C=O) groups is 1.